The summed E-state index contributed by atoms with van der Waals surface area (Å²) in [6, 6.07) is 28.2. The van der Waals surface area contributed by atoms with E-state index in [0.29, 0.717) is 11.1 Å². The SMILES string of the molecule is O=[N+]([O-])c1cccc(C=Nc2ccc(Cc3ccc(N=Cc4cccc([N+](=O)[O-])c4)cc3)cc2)c1. The molecule has 0 radical (unpaired) electrons. The van der Waals surface area contributed by atoms with Crippen LogP contribution in [0.15, 0.2) is 107 Å². The lowest BCUT2D eigenvalue weighted by atomic mass is 10.0. The van der Waals surface area contributed by atoms with E-state index in [1.165, 1.54) is 24.3 Å². The highest BCUT2D eigenvalue weighted by atomic mass is 16.6. The fourth-order valence-corrected chi connectivity index (χ4v) is 3.37. The molecule has 0 spiro atoms. The Morgan fingerprint density at radius 2 is 1.00 bits per heavy atom. The van der Waals surface area contributed by atoms with Crippen molar-refractivity contribution in [1.29, 1.82) is 0 Å². The van der Waals surface area contributed by atoms with Gasteiger partial charge in [-0.25, -0.2) is 0 Å². The summed E-state index contributed by atoms with van der Waals surface area (Å²) in [6.45, 7) is 0. The topological polar surface area (TPSA) is 111 Å². The predicted molar refractivity (Wildman–Crippen MR) is 136 cm³/mol. The summed E-state index contributed by atoms with van der Waals surface area (Å²) in [6.07, 6.45) is 3.95. The van der Waals surface area contributed by atoms with Gasteiger partial charge in [-0.3, -0.25) is 30.2 Å². The molecule has 0 bridgehead atoms. The lowest BCUT2D eigenvalue weighted by molar-refractivity contribution is -0.385. The fourth-order valence-electron chi connectivity index (χ4n) is 3.37. The van der Waals surface area contributed by atoms with Gasteiger partial charge in [-0.2, -0.15) is 0 Å². The van der Waals surface area contributed by atoms with Gasteiger partial charge in [-0.15, -0.1) is 0 Å². The quantitative estimate of drug-likeness (QED) is 0.166. The van der Waals surface area contributed by atoms with Gasteiger partial charge < -0.3 is 0 Å². The molecule has 0 aliphatic carbocycles. The molecule has 0 atom stereocenters. The second-order valence-electron chi connectivity index (χ2n) is 7.73. The predicted octanol–water partition coefficient (Wildman–Crippen LogP) is 6.60. The molecule has 0 heterocycles. The van der Waals surface area contributed by atoms with E-state index in [0.717, 1.165) is 28.9 Å². The standard InChI is InChI=1S/C27H20N4O4/c32-30(33)26-5-1-3-22(16-26)18-28-24-11-7-20(8-12-24)15-21-9-13-25(14-10-21)29-19-23-4-2-6-27(17-23)31(34)35/h1-14,16-19H,15H2. The summed E-state index contributed by atoms with van der Waals surface area (Å²) in [4.78, 5) is 29.7. The van der Waals surface area contributed by atoms with Crippen molar-refractivity contribution in [2.75, 3.05) is 0 Å². The summed E-state index contributed by atoms with van der Waals surface area (Å²) < 4.78 is 0. The molecule has 0 fully saturated rings. The van der Waals surface area contributed by atoms with Crippen molar-refractivity contribution in [3.8, 4) is 0 Å². The number of hydrogen-bond donors (Lipinski definition) is 0. The van der Waals surface area contributed by atoms with Gasteiger partial charge in [0.25, 0.3) is 11.4 Å². The Hall–Kier alpha value is -4.98. The molecule has 0 aliphatic rings. The van der Waals surface area contributed by atoms with Crippen LogP contribution in [0.5, 0.6) is 0 Å². The van der Waals surface area contributed by atoms with Crippen LogP contribution in [-0.2, 0) is 6.42 Å². The smallest absolute Gasteiger partial charge is 0.258 e. The molecule has 0 saturated carbocycles. The van der Waals surface area contributed by atoms with Gasteiger partial charge >= 0.3 is 0 Å². The maximum Gasteiger partial charge on any atom is 0.270 e. The number of aliphatic imine (C=N–C) groups is 2. The molecule has 4 aromatic rings. The van der Waals surface area contributed by atoms with Crippen LogP contribution in [0.1, 0.15) is 22.3 Å². The molecule has 4 aromatic carbocycles. The first-order valence-electron chi connectivity index (χ1n) is 10.7. The second-order valence-corrected chi connectivity index (χ2v) is 7.73. The van der Waals surface area contributed by atoms with Crippen molar-refractivity contribution < 1.29 is 9.85 Å². The third kappa shape index (κ3) is 6.52. The molecular weight excluding hydrogens is 444 g/mol. The summed E-state index contributed by atoms with van der Waals surface area (Å²) in [5.41, 5.74) is 5.14. The second kappa shape index (κ2) is 10.8. The van der Waals surface area contributed by atoms with E-state index >= 15 is 0 Å². The average molecular weight is 464 g/mol. The Balaban J connectivity index is 1.36. The van der Waals surface area contributed by atoms with E-state index < -0.39 is 9.85 Å². The van der Waals surface area contributed by atoms with Crippen molar-refractivity contribution >= 4 is 35.2 Å². The molecule has 172 valence electrons. The Morgan fingerprint density at radius 1 is 0.600 bits per heavy atom. The van der Waals surface area contributed by atoms with Crippen LogP contribution < -0.4 is 0 Å². The zero-order valence-corrected chi connectivity index (χ0v) is 18.5. The van der Waals surface area contributed by atoms with Crippen molar-refractivity contribution in [3.63, 3.8) is 0 Å². The molecule has 0 aliphatic heterocycles. The van der Waals surface area contributed by atoms with Crippen LogP contribution in [0.3, 0.4) is 0 Å². The minimum Gasteiger partial charge on any atom is -0.258 e. The Morgan fingerprint density at radius 3 is 1.37 bits per heavy atom. The highest BCUT2D eigenvalue weighted by Crippen LogP contribution is 2.20. The van der Waals surface area contributed by atoms with Crippen LogP contribution in [0.4, 0.5) is 22.7 Å². The molecule has 0 amide bonds. The molecule has 0 aromatic heterocycles. The van der Waals surface area contributed by atoms with Crippen LogP contribution in [0, 0.1) is 20.2 Å². The number of nitrogens with zero attached hydrogens (tertiary/aromatic N) is 4. The molecule has 35 heavy (non-hydrogen) atoms. The molecule has 0 N–H and O–H groups in total. The monoisotopic (exact) mass is 464 g/mol. The minimum absolute atomic E-state index is 0.0325. The first-order chi connectivity index (χ1) is 17.0. The fraction of sp³-hybridized carbons (Fsp3) is 0.0370. The van der Waals surface area contributed by atoms with Crippen molar-refractivity contribution in [1.82, 2.24) is 0 Å². The van der Waals surface area contributed by atoms with Gasteiger partial charge in [0, 0.05) is 36.7 Å². The molecule has 8 nitrogen and oxygen atoms in total. The largest absolute Gasteiger partial charge is 0.270 e. The average Bonchev–Trinajstić information content (AvgIpc) is 2.88. The van der Waals surface area contributed by atoms with E-state index in [2.05, 4.69) is 9.98 Å². The van der Waals surface area contributed by atoms with Gasteiger partial charge in [0.1, 0.15) is 0 Å². The van der Waals surface area contributed by atoms with Crippen molar-refractivity contribution in [2.24, 2.45) is 9.98 Å². The summed E-state index contributed by atoms with van der Waals surface area (Å²) >= 11 is 0. The molecule has 0 saturated heterocycles. The van der Waals surface area contributed by atoms with Crippen molar-refractivity contribution in [2.45, 2.75) is 6.42 Å². The van der Waals surface area contributed by atoms with Crippen molar-refractivity contribution in [3.05, 3.63) is 140 Å². The first-order valence-corrected chi connectivity index (χ1v) is 10.7. The van der Waals surface area contributed by atoms with E-state index in [1.807, 2.05) is 48.5 Å². The zero-order valence-electron chi connectivity index (χ0n) is 18.5. The minimum atomic E-state index is -0.428. The third-order valence-corrected chi connectivity index (χ3v) is 5.17. The van der Waals surface area contributed by atoms with Crippen LogP contribution >= 0.6 is 0 Å². The Labute approximate surface area is 201 Å². The molecule has 4 rings (SSSR count). The van der Waals surface area contributed by atoms with Gasteiger partial charge in [0.05, 0.1) is 21.2 Å². The molecule has 8 heteroatoms. The van der Waals surface area contributed by atoms with E-state index in [9.17, 15) is 20.2 Å². The van der Waals surface area contributed by atoms with Gasteiger partial charge in [0.2, 0.25) is 0 Å². The lowest BCUT2D eigenvalue weighted by Crippen LogP contribution is -1.89. The molecule has 0 unspecified atom stereocenters. The van der Waals surface area contributed by atoms with Crippen LogP contribution in [-0.4, -0.2) is 22.3 Å². The van der Waals surface area contributed by atoms with Gasteiger partial charge in [0.15, 0.2) is 0 Å². The number of nitro groups is 2. The zero-order chi connectivity index (χ0) is 24.6. The van der Waals surface area contributed by atoms with Gasteiger partial charge in [-0.05, 0) is 52.9 Å². The van der Waals surface area contributed by atoms with E-state index in [4.69, 9.17) is 0 Å². The van der Waals surface area contributed by atoms with E-state index in [1.54, 1.807) is 36.7 Å². The highest BCUT2D eigenvalue weighted by molar-refractivity contribution is 5.83. The summed E-state index contributed by atoms with van der Waals surface area (Å²) in [5, 5.41) is 21.8. The normalized spacial score (nSPS) is 11.2. The number of nitro benzene ring substituents is 2. The first kappa shape index (κ1) is 23.2. The van der Waals surface area contributed by atoms with E-state index in [-0.39, 0.29) is 11.4 Å². The van der Waals surface area contributed by atoms with Crippen LogP contribution in [0.25, 0.3) is 0 Å². The number of non-ortho nitro benzene ring substituents is 2. The number of benzene rings is 4. The third-order valence-electron chi connectivity index (χ3n) is 5.17. The molecular formula is C27H20N4O4. The highest BCUT2D eigenvalue weighted by Gasteiger charge is 2.05. The Bertz CT molecular complexity index is 1300. The number of rotatable bonds is 8. The number of hydrogen-bond acceptors (Lipinski definition) is 6. The summed E-state index contributed by atoms with van der Waals surface area (Å²) in [7, 11) is 0. The Kier molecular flexibility index (Phi) is 7.13. The lowest BCUT2D eigenvalue weighted by Gasteiger charge is -2.03. The van der Waals surface area contributed by atoms with Gasteiger partial charge in [-0.1, -0.05) is 48.5 Å². The maximum absolute atomic E-state index is 10.9. The van der Waals surface area contributed by atoms with Crippen LogP contribution in [0.2, 0.25) is 0 Å². The maximum atomic E-state index is 10.9. The summed E-state index contributed by atoms with van der Waals surface area (Å²) in [5.74, 6) is 0.